The van der Waals surface area contributed by atoms with Gasteiger partial charge in [0.25, 0.3) is 5.91 Å². The second-order valence-corrected chi connectivity index (χ2v) is 7.16. The molecule has 0 bridgehead atoms. The van der Waals surface area contributed by atoms with Crippen molar-refractivity contribution in [1.29, 1.82) is 0 Å². The van der Waals surface area contributed by atoms with Gasteiger partial charge in [0, 0.05) is 29.0 Å². The SMILES string of the molecule is O=C(O)Cn1ccnc1CNC(=O)C1CCCN1C(=O)c1ccc(Br)cc1. The molecule has 1 aliphatic rings. The molecule has 0 radical (unpaired) electrons. The lowest BCUT2D eigenvalue weighted by atomic mass is 10.1. The second-order valence-electron chi connectivity index (χ2n) is 6.25. The van der Waals surface area contributed by atoms with Crippen LogP contribution in [0.25, 0.3) is 0 Å². The maximum atomic E-state index is 12.7. The average molecular weight is 435 g/mol. The maximum Gasteiger partial charge on any atom is 0.323 e. The molecule has 3 rings (SSSR count). The first-order chi connectivity index (χ1) is 13.0. The first-order valence-corrected chi connectivity index (χ1v) is 9.31. The van der Waals surface area contributed by atoms with Gasteiger partial charge in [-0.15, -0.1) is 0 Å². The number of carboxylic acids is 1. The third kappa shape index (κ3) is 4.54. The Morgan fingerprint density at radius 3 is 2.70 bits per heavy atom. The van der Waals surface area contributed by atoms with Crippen molar-refractivity contribution in [1.82, 2.24) is 19.8 Å². The van der Waals surface area contributed by atoms with E-state index in [1.54, 1.807) is 35.4 Å². The summed E-state index contributed by atoms with van der Waals surface area (Å²) in [5.41, 5.74) is 0.537. The highest BCUT2D eigenvalue weighted by Crippen LogP contribution is 2.21. The minimum absolute atomic E-state index is 0.107. The zero-order valence-electron chi connectivity index (χ0n) is 14.5. The van der Waals surface area contributed by atoms with E-state index in [1.807, 2.05) is 0 Å². The third-order valence-electron chi connectivity index (χ3n) is 4.44. The number of carbonyl (C=O) groups excluding carboxylic acids is 2. The van der Waals surface area contributed by atoms with Crippen LogP contribution in [0.2, 0.25) is 0 Å². The molecular formula is C18H19BrN4O4. The molecule has 8 nitrogen and oxygen atoms in total. The van der Waals surface area contributed by atoms with Crippen LogP contribution in [0, 0.1) is 0 Å². The molecule has 1 saturated heterocycles. The highest BCUT2D eigenvalue weighted by molar-refractivity contribution is 9.10. The minimum Gasteiger partial charge on any atom is -0.480 e. The maximum absolute atomic E-state index is 12.7. The van der Waals surface area contributed by atoms with Crippen LogP contribution in [0.1, 0.15) is 29.0 Å². The van der Waals surface area contributed by atoms with Gasteiger partial charge in [0.15, 0.2) is 0 Å². The molecule has 0 aliphatic carbocycles. The van der Waals surface area contributed by atoms with Crippen LogP contribution >= 0.6 is 15.9 Å². The Labute approximate surface area is 164 Å². The van der Waals surface area contributed by atoms with Crippen LogP contribution in [0.5, 0.6) is 0 Å². The van der Waals surface area contributed by atoms with E-state index in [0.29, 0.717) is 24.4 Å². The molecule has 0 saturated carbocycles. The lowest BCUT2D eigenvalue weighted by Crippen LogP contribution is -2.46. The summed E-state index contributed by atoms with van der Waals surface area (Å²) in [4.78, 5) is 41.9. The predicted octanol–water partition coefficient (Wildman–Crippen LogP) is 1.65. The summed E-state index contributed by atoms with van der Waals surface area (Å²) < 4.78 is 2.34. The Bertz CT molecular complexity index is 849. The van der Waals surface area contributed by atoms with E-state index in [4.69, 9.17) is 5.11 Å². The molecule has 27 heavy (non-hydrogen) atoms. The van der Waals surface area contributed by atoms with Gasteiger partial charge in [-0.2, -0.15) is 0 Å². The van der Waals surface area contributed by atoms with Crippen LogP contribution in [-0.4, -0.2) is 49.9 Å². The largest absolute Gasteiger partial charge is 0.480 e. The number of imidazole rings is 1. The lowest BCUT2D eigenvalue weighted by Gasteiger charge is -2.24. The van der Waals surface area contributed by atoms with E-state index >= 15 is 0 Å². The Kier molecular flexibility index (Phi) is 5.90. The Hall–Kier alpha value is -2.68. The number of hydrogen-bond acceptors (Lipinski definition) is 4. The number of hydrogen-bond donors (Lipinski definition) is 2. The van der Waals surface area contributed by atoms with Gasteiger partial charge in [-0.1, -0.05) is 15.9 Å². The van der Waals surface area contributed by atoms with Gasteiger partial charge in [-0.25, -0.2) is 4.98 Å². The summed E-state index contributed by atoms with van der Waals surface area (Å²) in [6.07, 6.45) is 4.39. The normalized spacial score (nSPS) is 16.3. The van der Waals surface area contributed by atoms with Gasteiger partial charge >= 0.3 is 5.97 Å². The van der Waals surface area contributed by atoms with Crippen molar-refractivity contribution < 1.29 is 19.5 Å². The topological polar surface area (TPSA) is 105 Å². The molecule has 0 spiro atoms. The first-order valence-electron chi connectivity index (χ1n) is 8.52. The summed E-state index contributed by atoms with van der Waals surface area (Å²) in [5.74, 6) is -0.965. The number of rotatable bonds is 6. The molecule has 1 aliphatic heterocycles. The fourth-order valence-electron chi connectivity index (χ4n) is 3.12. The van der Waals surface area contributed by atoms with Crippen molar-refractivity contribution in [2.45, 2.75) is 32.0 Å². The zero-order valence-corrected chi connectivity index (χ0v) is 16.1. The zero-order chi connectivity index (χ0) is 19.4. The summed E-state index contributed by atoms with van der Waals surface area (Å²) >= 11 is 3.34. The van der Waals surface area contributed by atoms with Gasteiger partial charge in [0.05, 0.1) is 6.54 Å². The van der Waals surface area contributed by atoms with Crippen molar-refractivity contribution in [3.63, 3.8) is 0 Å². The monoisotopic (exact) mass is 434 g/mol. The summed E-state index contributed by atoms with van der Waals surface area (Å²) in [6, 6.07) is 6.50. The minimum atomic E-state index is -0.984. The van der Waals surface area contributed by atoms with Crippen LogP contribution < -0.4 is 5.32 Å². The van der Waals surface area contributed by atoms with Crippen LogP contribution in [0.15, 0.2) is 41.1 Å². The van der Waals surface area contributed by atoms with E-state index in [1.165, 1.54) is 10.8 Å². The van der Waals surface area contributed by atoms with E-state index in [0.717, 1.165) is 10.9 Å². The second kappa shape index (κ2) is 8.34. The number of amides is 2. The number of aliphatic carboxylic acids is 1. The van der Waals surface area contributed by atoms with Crippen molar-refractivity contribution in [2.75, 3.05) is 6.54 Å². The number of nitrogens with one attached hydrogen (secondary N) is 1. The molecule has 2 aromatic rings. The molecular weight excluding hydrogens is 416 g/mol. The van der Waals surface area contributed by atoms with Crippen LogP contribution in [-0.2, 0) is 22.7 Å². The molecule has 2 amide bonds. The van der Waals surface area contributed by atoms with E-state index in [-0.39, 0.29) is 24.9 Å². The van der Waals surface area contributed by atoms with Gasteiger partial charge in [-0.05, 0) is 37.1 Å². The highest BCUT2D eigenvalue weighted by Gasteiger charge is 2.34. The average Bonchev–Trinajstić information content (AvgIpc) is 3.28. The van der Waals surface area contributed by atoms with Gasteiger partial charge in [0.2, 0.25) is 5.91 Å². The summed E-state index contributed by atoms with van der Waals surface area (Å²) in [6.45, 7) is 0.416. The van der Waals surface area contributed by atoms with Crippen molar-refractivity contribution >= 4 is 33.7 Å². The number of halogens is 1. The van der Waals surface area contributed by atoms with Crippen molar-refractivity contribution in [2.24, 2.45) is 0 Å². The smallest absolute Gasteiger partial charge is 0.323 e. The Balaban J connectivity index is 1.64. The molecule has 1 fully saturated rings. The number of benzene rings is 1. The molecule has 142 valence electrons. The Morgan fingerprint density at radius 2 is 2.00 bits per heavy atom. The van der Waals surface area contributed by atoms with E-state index in [9.17, 15) is 14.4 Å². The summed E-state index contributed by atoms with van der Waals surface area (Å²) in [7, 11) is 0. The van der Waals surface area contributed by atoms with Gasteiger partial charge < -0.3 is 19.9 Å². The van der Waals surface area contributed by atoms with E-state index in [2.05, 4.69) is 26.2 Å². The first kappa shape index (κ1) is 19.1. The number of nitrogens with zero attached hydrogens (tertiary/aromatic N) is 3. The lowest BCUT2D eigenvalue weighted by molar-refractivity contribution is -0.137. The fraction of sp³-hybridized carbons (Fsp3) is 0.333. The standard InChI is InChI=1S/C18H19BrN4O4/c19-13-5-3-12(4-6-13)18(27)23-8-1-2-14(23)17(26)21-10-15-20-7-9-22(15)11-16(24)25/h3-7,9,14H,1-2,8,10-11H2,(H,21,26)(H,24,25). The molecule has 9 heteroatoms. The fourth-order valence-corrected chi connectivity index (χ4v) is 3.39. The molecule has 1 unspecified atom stereocenters. The highest BCUT2D eigenvalue weighted by atomic mass is 79.9. The van der Waals surface area contributed by atoms with Crippen LogP contribution in [0.3, 0.4) is 0 Å². The summed E-state index contributed by atoms with van der Waals surface area (Å²) in [5, 5.41) is 11.7. The third-order valence-corrected chi connectivity index (χ3v) is 4.96. The number of aromatic nitrogens is 2. The van der Waals surface area contributed by atoms with Gasteiger partial charge in [-0.3, -0.25) is 14.4 Å². The van der Waals surface area contributed by atoms with Crippen molar-refractivity contribution in [3.8, 4) is 0 Å². The molecule has 1 aromatic heterocycles. The molecule has 2 heterocycles. The van der Waals surface area contributed by atoms with E-state index < -0.39 is 12.0 Å². The Morgan fingerprint density at radius 1 is 1.26 bits per heavy atom. The van der Waals surface area contributed by atoms with Crippen LogP contribution in [0.4, 0.5) is 0 Å². The molecule has 2 N–H and O–H groups in total. The molecule has 1 atom stereocenters. The number of likely N-dealkylation sites (tertiary alicyclic amines) is 1. The number of carbonyl (C=O) groups is 3. The predicted molar refractivity (Wildman–Crippen MR) is 99.9 cm³/mol. The number of carboxylic acid groups (broad SMARTS) is 1. The van der Waals surface area contributed by atoms with Gasteiger partial charge in [0.1, 0.15) is 18.4 Å². The van der Waals surface area contributed by atoms with Crippen molar-refractivity contribution in [3.05, 3.63) is 52.5 Å². The molecule has 1 aromatic carbocycles. The quantitative estimate of drug-likeness (QED) is 0.718.